The van der Waals surface area contributed by atoms with E-state index in [1.165, 1.54) is 40.7 Å². The second-order valence-corrected chi connectivity index (χ2v) is 10.7. The van der Waals surface area contributed by atoms with Gasteiger partial charge in [0.25, 0.3) is 10.0 Å². The van der Waals surface area contributed by atoms with Crippen molar-refractivity contribution in [2.45, 2.75) is 9.79 Å². The zero-order chi connectivity index (χ0) is 22.6. The normalized spacial score (nSPS) is 15.2. The van der Waals surface area contributed by atoms with Crippen molar-refractivity contribution in [3.05, 3.63) is 78.9 Å². The van der Waals surface area contributed by atoms with Gasteiger partial charge in [-0.3, -0.25) is 4.72 Å². The van der Waals surface area contributed by atoms with Crippen LogP contribution < -0.4 is 9.46 Å². The van der Waals surface area contributed by atoms with Crippen LogP contribution in [0.5, 0.6) is 11.5 Å². The summed E-state index contributed by atoms with van der Waals surface area (Å²) in [7, 11) is -7.50. The first kappa shape index (κ1) is 22.3. The average molecular weight is 475 g/mol. The predicted octanol–water partition coefficient (Wildman–Crippen LogP) is 3.30. The molecule has 1 fully saturated rings. The van der Waals surface area contributed by atoms with Crippen LogP contribution in [0.25, 0.3) is 0 Å². The van der Waals surface area contributed by atoms with E-state index in [9.17, 15) is 16.8 Å². The van der Waals surface area contributed by atoms with E-state index in [0.717, 1.165) is 0 Å². The molecule has 3 aromatic rings. The lowest BCUT2D eigenvalue weighted by Gasteiger charge is -2.26. The molecule has 168 valence electrons. The fourth-order valence-corrected chi connectivity index (χ4v) is 5.62. The number of nitrogens with zero attached hydrogens (tertiary/aromatic N) is 1. The van der Waals surface area contributed by atoms with Gasteiger partial charge in [-0.05, 0) is 60.7 Å². The molecule has 1 saturated heterocycles. The van der Waals surface area contributed by atoms with E-state index < -0.39 is 20.0 Å². The Morgan fingerprint density at radius 3 is 1.91 bits per heavy atom. The molecule has 1 heterocycles. The molecular formula is C22H22N2O6S2. The Bertz CT molecular complexity index is 1250. The van der Waals surface area contributed by atoms with Crippen LogP contribution in [0.1, 0.15) is 0 Å². The number of anilines is 1. The number of benzene rings is 3. The van der Waals surface area contributed by atoms with E-state index in [4.69, 9.17) is 9.47 Å². The Kier molecular flexibility index (Phi) is 6.47. The number of sulfonamides is 2. The van der Waals surface area contributed by atoms with Crippen LogP contribution in [0.4, 0.5) is 5.69 Å². The van der Waals surface area contributed by atoms with Gasteiger partial charge in [0.05, 0.1) is 23.0 Å². The molecule has 0 aliphatic carbocycles. The summed E-state index contributed by atoms with van der Waals surface area (Å²) < 4.78 is 65.5. The number of hydrogen-bond donors (Lipinski definition) is 1. The van der Waals surface area contributed by atoms with Crippen molar-refractivity contribution in [3.63, 3.8) is 0 Å². The van der Waals surface area contributed by atoms with Gasteiger partial charge in [0, 0.05) is 18.8 Å². The molecule has 8 nitrogen and oxygen atoms in total. The molecule has 0 atom stereocenters. The van der Waals surface area contributed by atoms with Crippen LogP contribution in [0.3, 0.4) is 0 Å². The minimum atomic E-state index is -3.85. The molecule has 0 saturated carbocycles. The highest BCUT2D eigenvalue weighted by Gasteiger charge is 2.26. The minimum absolute atomic E-state index is 0.0583. The van der Waals surface area contributed by atoms with E-state index >= 15 is 0 Å². The molecule has 3 aromatic carbocycles. The molecule has 1 aliphatic heterocycles. The van der Waals surface area contributed by atoms with Gasteiger partial charge >= 0.3 is 0 Å². The first-order chi connectivity index (χ1) is 15.3. The second-order valence-electron chi connectivity index (χ2n) is 7.03. The molecule has 0 amide bonds. The number of rotatable bonds is 7. The summed E-state index contributed by atoms with van der Waals surface area (Å²) in [6.45, 7) is 1.29. The van der Waals surface area contributed by atoms with E-state index in [1.807, 2.05) is 18.2 Å². The molecule has 1 aliphatic rings. The summed E-state index contributed by atoms with van der Waals surface area (Å²) in [4.78, 5) is 0.160. The first-order valence-corrected chi connectivity index (χ1v) is 12.8. The van der Waals surface area contributed by atoms with Crippen molar-refractivity contribution in [1.29, 1.82) is 0 Å². The third-order valence-corrected chi connectivity index (χ3v) is 8.14. The number of ether oxygens (including phenoxy) is 2. The summed E-state index contributed by atoms with van der Waals surface area (Å²) in [5.74, 6) is 1.15. The maximum Gasteiger partial charge on any atom is 0.261 e. The third-order valence-electron chi connectivity index (χ3n) is 4.83. The Balaban J connectivity index is 1.45. The van der Waals surface area contributed by atoms with Gasteiger partial charge in [-0.25, -0.2) is 16.8 Å². The topological polar surface area (TPSA) is 102 Å². The molecule has 0 unspecified atom stereocenters. The van der Waals surface area contributed by atoms with E-state index in [1.54, 1.807) is 24.3 Å². The van der Waals surface area contributed by atoms with Crippen LogP contribution >= 0.6 is 0 Å². The molecule has 0 spiro atoms. The van der Waals surface area contributed by atoms with Gasteiger partial charge in [0.2, 0.25) is 10.0 Å². The summed E-state index contributed by atoms with van der Waals surface area (Å²) in [6, 6.07) is 20.8. The Morgan fingerprint density at radius 2 is 1.28 bits per heavy atom. The van der Waals surface area contributed by atoms with Crippen molar-refractivity contribution in [2.24, 2.45) is 0 Å². The quantitative estimate of drug-likeness (QED) is 0.564. The van der Waals surface area contributed by atoms with Crippen molar-refractivity contribution < 1.29 is 26.3 Å². The largest absolute Gasteiger partial charge is 0.457 e. The second kappa shape index (κ2) is 9.29. The smallest absolute Gasteiger partial charge is 0.261 e. The van der Waals surface area contributed by atoms with Crippen LogP contribution in [0.2, 0.25) is 0 Å². The maximum absolute atomic E-state index is 12.7. The summed E-state index contributed by atoms with van der Waals surface area (Å²) >= 11 is 0. The standard InChI is InChI=1S/C22H22N2O6S2/c25-31(26,21-12-8-20(9-13-21)30-19-4-2-1-3-5-19)23-18-6-10-22(11-7-18)32(27,28)24-14-16-29-17-15-24/h1-13,23H,14-17H2. The number of para-hydroxylation sites is 1. The highest BCUT2D eigenvalue weighted by molar-refractivity contribution is 7.92. The van der Waals surface area contributed by atoms with E-state index in [2.05, 4.69) is 4.72 Å². The average Bonchev–Trinajstić information content (AvgIpc) is 2.81. The molecule has 0 bridgehead atoms. The first-order valence-electron chi connectivity index (χ1n) is 9.88. The molecular weight excluding hydrogens is 452 g/mol. The van der Waals surface area contributed by atoms with Crippen molar-refractivity contribution in [1.82, 2.24) is 4.31 Å². The zero-order valence-electron chi connectivity index (χ0n) is 17.0. The molecule has 1 N–H and O–H groups in total. The number of morpholine rings is 1. The summed E-state index contributed by atoms with van der Waals surface area (Å²) in [5, 5.41) is 0. The Labute approximate surface area is 187 Å². The fourth-order valence-electron chi connectivity index (χ4n) is 3.16. The van der Waals surface area contributed by atoms with E-state index in [-0.39, 0.29) is 15.5 Å². The van der Waals surface area contributed by atoms with E-state index in [0.29, 0.717) is 37.8 Å². The van der Waals surface area contributed by atoms with Crippen LogP contribution in [0.15, 0.2) is 88.7 Å². The van der Waals surface area contributed by atoms with Gasteiger partial charge in [-0.15, -0.1) is 0 Å². The van der Waals surface area contributed by atoms with Gasteiger partial charge in [-0.1, -0.05) is 18.2 Å². The van der Waals surface area contributed by atoms with Gasteiger partial charge in [-0.2, -0.15) is 4.31 Å². The lowest BCUT2D eigenvalue weighted by Crippen LogP contribution is -2.40. The maximum atomic E-state index is 12.7. The van der Waals surface area contributed by atoms with Gasteiger partial charge in [0.15, 0.2) is 0 Å². The fraction of sp³-hybridized carbons (Fsp3) is 0.182. The lowest BCUT2D eigenvalue weighted by molar-refractivity contribution is 0.0730. The third kappa shape index (κ3) is 5.10. The van der Waals surface area contributed by atoms with Crippen LogP contribution in [0, 0.1) is 0 Å². The summed E-state index contributed by atoms with van der Waals surface area (Å²) in [6.07, 6.45) is 0. The van der Waals surface area contributed by atoms with Crippen molar-refractivity contribution in [3.8, 4) is 11.5 Å². The van der Waals surface area contributed by atoms with Gasteiger partial charge in [0.1, 0.15) is 11.5 Å². The molecule has 0 radical (unpaired) electrons. The van der Waals surface area contributed by atoms with Crippen molar-refractivity contribution in [2.75, 3.05) is 31.0 Å². The molecule has 32 heavy (non-hydrogen) atoms. The highest BCUT2D eigenvalue weighted by atomic mass is 32.2. The number of nitrogens with one attached hydrogen (secondary N) is 1. The SMILES string of the molecule is O=S(=O)(Nc1ccc(S(=O)(=O)N2CCOCC2)cc1)c1ccc(Oc2ccccc2)cc1. The van der Waals surface area contributed by atoms with Crippen molar-refractivity contribution >= 4 is 25.7 Å². The Hall–Kier alpha value is -2.92. The van der Waals surface area contributed by atoms with Crippen LogP contribution in [-0.4, -0.2) is 47.4 Å². The molecule has 4 rings (SSSR count). The molecule has 0 aromatic heterocycles. The van der Waals surface area contributed by atoms with Crippen LogP contribution in [-0.2, 0) is 24.8 Å². The number of hydrogen-bond acceptors (Lipinski definition) is 6. The predicted molar refractivity (Wildman–Crippen MR) is 120 cm³/mol. The highest BCUT2D eigenvalue weighted by Crippen LogP contribution is 2.25. The summed E-state index contributed by atoms with van der Waals surface area (Å²) in [5.41, 5.74) is 0.260. The minimum Gasteiger partial charge on any atom is -0.457 e. The lowest BCUT2D eigenvalue weighted by atomic mass is 10.3. The monoisotopic (exact) mass is 474 g/mol. The van der Waals surface area contributed by atoms with Gasteiger partial charge < -0.3 is 9.47 Å². The zero-order valence-corrected chi connectivity index (χ0v) is 18.7. The molecule has 10 heteroatoms. The Morgan fingerprint density at radius 1 is 0.719 bits per heavy atom.